The number of rotatable bonds is 4. The summed E-state index contributed by atoms with van der Waals surface area (Å²) in [6, 6.07) is 7.51. The molecule has 0 saturated carbocycles. The smallest absolute Gasteiger partial charge is 0.223 e. The summed E-state index contributed by atoms with van der Waals surface area (Å²) in [4.78, 5) is 17.3. The molecule has 2 aliphatic rings. The first-order chi connectivity index (χ1) is 12.0. The number of piperidine rings is 2. The van der Waals surface area contributed by atoms with Crippen LogP contribution in [0.15, 0.2) is 24.3 Å². The summed E-state index contributed by atoms with van der Waals surface area (Å²) < 4.78 is 13.0. The van der Waals surface area contributed by atoms with Crippen molar-refractivity contribution in [3.05, 3.63) is 30.1 Å². The van der Waals surface area contributed by atoms with Crippen LogP contribution < -0.4 is 10.2 Å². The van der Waals surface area contributed by atoms with Crippen molar-refractivity contribution >= 4 is 11.6 Å². The Bertz CT molecular complexity index is 559. The number of carbonyl (C=O) groups is 1. The minimum atomic E-state index is -0.200. The van der Waals surface area contributed by atoms with Crippen molar-refractivity contribution in [2.45, 2.75) is 51.6 Å². The van der Waals surface area contributed by atoms with Crippen LogP contribution in [0.2, 0.25) is 0 Å². The zero-order valence-corrected chi connectivity index (χ0v) is 15.4. The summed E-state index contributed by atoms with van der Waals surface area (Å²) in [6.07, 6.45) is 3.85. The van der Waals surface area contributed by atoms with Crippen molar-refractivity contribution in [2.75, 3.05) is 31.1 Å². The summed E-state index contributed by atoms with van der Waals surface area (Å²) in [5.74, 6) is 0.211. The fraction of sp³-hybridized carbons (Fsp3) is 0.650. The molecule has 2 saturated heterocycles. The predicted octanol–water partition coefficient (Wildman–Crippen LogP) is 3.03. The Kier molecular flexibility index (Phi) is 5.94. The highest BCUT2D eigenvalue weighted by molar-refractivity contribution is 5.79. The highest BCUT2D eigenvalue weighted by Gasteiger charge is 2.28. The van der Waals surface area contributed by atoms with Crippen LogP contribution in [0.25, 0.3) is 0 Å². The van der Waals surface area contributed by atoms with Crippen molar-refractivity contribution in [3.8, 4) is 0 Å². The topological polar surface area (TPSA) is 35.6 Å². The molecule has 25 heavy (non-hydrogen) atoms. The van der Waals surface area contributed by atoms with Gasteiger partial charge >= 0.3 is 0 Å². The summed E-state index contributed by atoms with van der Waals surface area (Å²) in [7, 11) is 0. The first-order valence-corrected chi connectivity index (χ1v) is 9.58. The fourth-order valence-electron chi connectivity index (χ4n) is 3.93. The third-order valence-electron chi connectivity index (χ3n) is 5.66. The lowest BCUT2D eigenvalue weighted by molar-refractivity contribution is -0.127. The number of halogens is 1. The molecule has 1 aromatic rings. The molecular weight excluding hydrogens is 317 g/mol. The molecule has 1 aromatic carbocycles. The molecule has 1 amide bonds. The predicted molar refractivity (Wildman–Crippen MR) is 99.2 cm³/mol. The Morgan fingerprint density at radius 2 is 1.64 bits per heavy atom. The molecule has 2 heterocycles. The van der Waals surface area contributed by atoms with Gasteiger partial charge in [0.05, 0.1) is 0 Å². The lowest BCUT2D eigenvalue weighted by Crippen LogP contribution is -2.48. The molecule has 0 bridgehead atoms. The molecule has 5 heteroatoms. The Hall–Kier alpha value is -1.62. The number of nitrogens with one attached hydrogen (secondary N) is 1. The van der Waals surface area contributed by atoms with Crippen LogP contribution in [-0.4, -0.2) is 49.1 Å². The molecule has 3 rings (SSSR count). The summed E-state index contributed by atoms with van der Waals surface area (Å²) in [5.41, 5.74) is 1.06. The lowest BCUT2D eigenvalue weighted by atomic mass is 9.94. The Morgan fingerprint density at radius 1 is 1.04 bits per heavy atom. The lowest BCUT2D eigenvalue weighted by Gasteiger charge is -2.36. The van der Waals surface area contributed by atoms with Crippen molar-refractivity contribution in [2.24, 2.45) is 5.92 Å². The molecule has 0 aliphatic carbocycles. The zero-order chi connectivity index (χ0) is 17.8. The highest BCUT2D eigenvalue weighted by atomic mass is 19.1. The Balaban J connectivity index is 1.43. The second-order valence-corrected chi connectivity index (χ2v) is 7.65. The average molecular weight is 347 g/mol. The fourth-order valence-corrected chi connectivity index (χ4v) is 3.93. The maximum atomic E-state index is 13.0. The number of hydrogen-bond donors (Lipinski definition) is 1. The van der Waals surface area contributed by atoms with Gasteiger partial charge in [0.1, 0.15) is 5.82 Å². The van der Waals surface area contributed by atoms with Crippen LogP contribution in [0.4, 0.5) is 10.1 Å². The van der Waals surface area contributed by atoms with Gasteiger partial charge in [-0.3, -0.25) is 4.79 Å². The molecule has 2 fully saturated rings. The quantitative estimate of drug-likeness (QED) is 0.909. The minimum Gasteiger partial charge on any atom is -0.371 e. The number of amides is 1. The largest absolute Gasteiger partial charge is 0.371 e. The van der Waals surface area contributed by atoms with Crippen LogP contribution in [0.5, 0.6) is 0 Å². The van der Waals surface area contributed by atoms with E-state index < -0.39 is 0 Å². The molecule has 138 valence electrons. The van der Waals surface area contributed by atoms with Gasteiger partial charge < -0.3 is 15.1 Å². The summed E-state index contributed by atoms with van der Waals surface area (Å²) in [6.45, 7) is 8.30. The van der Waals surface area contributed by atoms with E-state index in [0.717, 1.165) is 57.5 Å². The first kappa shape index (κ1) is 18.2. The minimum absolute atomic E-state index is 0.171. The van der Waals surface area contributed by atoms with E-state index in [1.807, 2.05) is 12.1 Å². The van der Waals surface area contributed by atoms with E-state index in [2.05, 4.69) is 29.0 Å². The average Bonchev–Trinajstić information content (AvgIpc) is 2.63. The molecule has 0 aromatic heterocycles. The van der Waals surface area contributed by atoms with Gasteiger partial charge in [0, 0.05) is 36.8 Å². The van der Waals surface area contributed by atoms with Gasteiger partial charge in [0.2, 0.25) is 5.91 Å². The van der Waals surface area contributed by atoms with E-state index in [0.29, 0.717) is 6.04 Å². The van der Waals surface area contributed by atoms with Crippen LogP contribution in [0, 0.1) is 11.7 Å². The van der Waals surface area contributed by atoms with Gasteiger partial charge in [0.15, 0.2) is 0 Å². The second kappa shape index (κ2) is 8.17. The van der Waals surface area contributed by atoms with Gasteiger partial charge in [-0.25, -0.2) is 4.39 Å². The Morgan fingerprint density at radius 3 is 2.20 bits per heavy atom. The molecule has 4 nitrogen and oxygen atoms in total. The van der Waals surface area contributed by atoms with E-state index in [9.17, 15) is 9.18 Å². The number of anilines is 1. The Labute approximate surface area is 150 Å². The molecule has 0 unspecified atom stereocenters. The van der Waals surface area contributed by atoms with Crippen molar-refractivity contribution in [3.63, 3.8) is 0 Å². The van der Waals surface area contributed by atoms with E-state index in [-0.39, 0.29) is 23.7 Å². The maximum Gasteiger partial charge on any atom is 0.223 e. The van der Waals surface area contributed by atoms with Crippen molar-refractivity contribution in [1.29, 1.82) is 0 Å². The molecule has 0 atom stereocenters. The van der Waals surface area contributed by atoms with Crippen LogP contribution >= 0.6 is 0 Å². The maximum absolute atomic E-state index is 13.0. The van der Waals surface area contributed by atoms with Crippen molar-refractivity contribution < 1.29 is 9.18 Å². The van der Waals surface area contributed by atoms with Crippen LogP contribution in [0.3, 0.4) is 0 Å². The van der Waals surface area contributed by atoms with Crippen LogP contribution in [-0.2, 0) is 4.79 Å². The van der Waals surface area contributed by atoms with Gasteiger partial charge in [-0.2, -0.15) is 0 Å². The van der Waals surface area contributed by atoms with Gasteiger partial charge in [-0.15, -0.1) is 0 Å². The standard InChI is InChI=1S/C20H30FN3O/c1-15(2)23-11-7-16(8-12-23)20(25)22-18-9-13-24(14-10-18)19-5-3-17(21)4-6-19/h3-6,15-16,18H,7-14H2,1-2H3,(H,22,25). The van der Waals surface area contributed by atoms with Gasteiger partial charge in [0.25, 0.3) is 0 Å². The number of hydrogen-bond acceptors (Lipinski definition) is 3. The molecule has 2 aliphatic heterocycles. The van der Waals surface area contributed by atoms with E-state index >= 15 is 0 Å². The molecular formula is C20H30FN3O. The van der Waals surface area contributed by atoms with E-state index in [1.165, 1.54) is 12.1 Å². The number of carbonyl (C=O) groups excluding carboxylic acids is 1. The van der Waals surface area contributed by atoms with E-state index in [1.54, 1.807) is 0 Å². The van der Waals surface area contributed by atoms with Gasteiger partial charge in [-0.1, -0.05) is 0 Å². The number of likely N-dealkylation sites (tertiary alicyclic amines) is 1. The molecule has 0 spiro atoms. The highest BCUT2D eigenvalue weighted by Crippen LogP contribution is 2.22. The summed E-state index contributed by atoms with van der Waals surface area (Å²) >= 11 is 0. The van der Waals surface area contributed by atoms with E-state index in [4.69, 9.17) is 0 Å². The van der Waals surface area contributed by atoms with Crippen LogP contribution in [0.1, 0.15) is 39.5 Å². The monoisotopic (exact) mass is 347 g/mol. The number of benzene rings is 1. The molecule has 1 N–H and O–H groups in total. The first-order valence-electron chi connectivity index (χ1n) is 9.58. The SMILES string of the molecule is CC(C)N1CCC(C(=O)NC2CCN(c3ccc(F)cc3)CC2)CC1. The normalized spacial score (nSPS) is 20.9. The molecule has 0 radical (unpaired) electrons. The summed E-state index contributed by atoms with van der Waals surface area (Å²) in [5, 5.41) is 3.27. The third-order valence-corrected chi connectivity index (χ3v) is 5.66. The second-order valence-electron chi connectivity index (χ2n) is 7.65. The van der Waals surface area contributed by atoms with Crippen molar-refractivity contribution in [1.82, 2.24) is 10.2 Å². The number of nitrogens with zero attached hydrogens (tertiary/aromatic N) is 2. The zero-order valence-electron chi connectivity index (χ0n) is 15.4. The van der Waals surface area contributed by atoms with Gasteiger partial charge in [-0.05, 0) is 76.9 Å². The third kappa shape index (κ3) is 4.72.